The molecule has 0 saturated carbocycles. The molecule has 3 rings (SSSR count). The summed E-state index contributed by atoms with van der Waals surface area (Å²) in [5, 5.41) is 122. The number of hydrogen-bond acceptors (Lipinski definition) is 17. The molecule has 11 N–H and O–H groups in total. The number of azide groups is 1. The number of aliphatic carboxylic acids is 1. The largest absolute Gasteiger partial charge is 0.481 e. The predicted molar refractivity (Wildman–Crippen MR) is 242 cm³/mol. The van der Waals surface area contributed by atoms with Crippen LogP contribution in [0.3, 0.4) is 0 Å². The Kier molecular flexibility index (Phi) is 24.3. The van der Waals surface area contributed by atoms with Crippen LogP contribution in [0.5, 0.6) is 0 Å². The van der Waals surface area contributed by atoms with Crippen molar-refractivity contribution in [2.45, 2.75) is 177 Å². The molecule has 0 aromatic heterocycles. The van der Waals surface area contributed by atoms with Gasteiger partial charge in [-0.05, 0) is 38.6 Å². The van der Waals surface area contributed by atoms with Gasteiger partial charge < -0.3 is 75.1 Å². The first-order chi connectivity index (χ1) is 31.7. The molecule has 3 aliphatic rings. The van der Waals surface area contributed by atoms with Crippen molar-refractivity contribution in [2.75, 3.05) is 0 Å². The standard InChI is InChI=1S/C47H71N3O17/c1-27-17-15-13-11-9-7-5-6-8-10-12-14-16-18-34(66-46-44(60)41(49-50-48)43(59)30(4)65-46)24-38-40(45(61)62)37(56)26-47(63,67-38)25-33(53)22-36(55)35(54)20-19-31(51)21-32(52)23-39(57)64-29(3)28(2)42(27)58/h5-18,27-38,40-44,46,51-56,58-60,63H,19-26H2,1-4H3,(H,61,62)/b6-5+,9-7+,10-8+,13-11+,14-12+,17-15+,18-16+/t27-,28-,29-,30+,31+,32+,33-,34-,35+,36+,37-,38-,40+,41-,42+,43+,44+,46-,47+/m0/s1. The Morgan fingerprint density at radius 3 is 1.87 bits per heavy atom. The zero-order chi connectivity index (χ0) is 49.8. The number of cyclic esters (lactones) is 1. The molecule has 2 bridgehead atoms. The van der Waals surface area contributed by atoms with Gasteiger partial charge in [-0.3, -0.25) is 9.59 Å². The number of carboxylic acids is 1. The average Bonchev–Trinajstić information content (AvgIpc) is 3.24. The number of carboxylic acid groups (broad SMARTS) is 1. The highest BCUT2D eigenvalue weighted by Crippen LogP contribution is 2.38. The van der Waals surface area contributed by atoms with E-state index in [0.29, 0.717) is 0 Å². The quantitative estimate of drug-likeness (QED) is 0.0831. The molecule has 0 aromatic carbocycles. The van der Waals surface area contributed by atoms with E-state index in [1.54, 1.807) is 86.8 Å². The summed E-state index contributed by atoms with van der Waals surface area (Å²) in [6, 6.07) is -1.38. The molecule has 2 saturated heterocycles. The Hall–Kier alpha value is -4.09. The molecule has 2 fully saturated rings. The van der Waals surface area contributed by atoms with Crippen molar-refractivity contribution in [3.05, 3.63) is 95.5 Å². The maximum absolute atomic E-state index is 12.6. The number of ether oxygens (including phenoxy) is 4. The lowest BCUT2D eigenvalue weighted by molar-refractivity contribution is -0.308. The van der Waals surface area contributed by atoms with Crippen LogP contribution in [0.15, 0.2) is 90.2 Å². The number of allylic oxidation sites excluding steroid dienone is 12. The third kappa shape index (κ3) is 19.1. The Balaban J connectivity index is 1.89. The van der Waals surface area contributed by atoms with Crippen LogP contribution in [0.25, 0.3) is 10.4 Å². The van der Waals surface area contributed by atoms with Crippen molar-refractivity contribution in [3.63, 3.8) is 0 Å². The molecule has 19 atom stereocenters. The van der Waals surface area contributed by atoms with Crippen LogP contribution < -0.4 is 0 Å². The van der Waals surface area contributed by atoms with Gasteiger partial charge in [0, 0.05) is 42.4 Å². The molecule has 0 aromatic rings. The van der Waals surface area contributed by atoms with E-state index >= 15 is 0 Å². The van der Waals surface area contributed by atoms with E-state index in [0.717, 1.165) is 0 Å². The number of aliphatic hydroxyl groups excluding tert-OH is 9. The van der Waals surface area contributed by atoms with Crippen LogP contribution in [0.1, 0.15) is 79.1 Å². The van der Waals surface area contributed by atoms with Gasteiger partial charge in [0.05, 0.1) is 79.6 Å². The highest BCUT2D eigenvalue weighted by molar-refractivity contribution is 5.71. The molecule has 0 aliphatic carbocycles. The zero-order valence-corrected chi connectivity index (χ0v) is 38.3. The summed E-state index contributed by atoms with van der Waals surface area (Å²) < 4.78 is 23.1. The summed E-state index contributed by atoms with van der Waals surface area (Å²) >= 11 is 0. The molecule has 0 radical (unpaired) electrons. The van der Waals surface area contributed by atoms with Crippen LogP contribution in [-0.4, -0.2) is 166 Å². The lowest BCUT2D eigenvalue weighted by Crippen LogP contribution is -2.58. The first kappa shape index (κ1) is 57.2. The molecule has 3 aliphatic heterocycles. The van der Waals surface area contributed by atoms with E-state index in [-0.39, 0.29) is 31.6 Å². The van der Waals surface area contributed by atoms with Gasteiger partial charge in [0.2, 0.25) is 0 Å². The van der Waals surface area contributed by atoms with E-state index in [1.165, 1.54) is 13.0 Å². The molecule has 67 heavy (non-hydrogen) atoms. The normalized spacial score (nSPS) is 44.3. The van der Waals surface area contributed by atoms with Crippen molar-refractivity contribution in [1.82, 2.24) is 0 Å². The Morgan fingerprint density at radius 1 is 0.701 bits per heavy atom. The number of aliphatic hydroxyl groups is 10. The van der Waals surface area contributed by atoms with Crippen LogP contribution in [0, 0.1) is 17.8 Å². The zero-order valence-electron chi connectivity index (χ0n) is 38.3. The van der Waals surface area contributed by atoms with Gasteiger partial charge in [-0.25, -0.2) is 0 Å². The Morgan fingerprint density at radius 2 is 1.28 bits per heavy atom. The number of fused-ring (bicyclic) bond motifs is 2. The summed E-state index contributed by atoms with van der Waals surface area (Å²) in [6.45, 7) is 6.65. The second-order valence-corrected chi connectivity index (χ2v) is 17.7. The summed E-state index contributed by atoms with van der Waals surface area (Å²) in [4.78, 5) is 27.8. The van der Waals surface area contributed by atoms with Gasteiger partial charge in [0.15, 0.2) is 12.1 Å². The van der Waals surface area contributed by atoms with Crippen molar-refractivity contribution in [3.8, 4) is 0 Å². The Labute approximate surface area is 390 Å². The lowest BCUT2D eigenvalue weighted by atomic mass is 9.82. The molecule has 376 valence electrons. The SMILES string of the molecule is C[C@@H]1[C@H](O)[C@@H](C)/C=C/C=C/C=C/C=C/C=C/C=C/C=C/[C@H](O[C@@H]2O[C@H](C)[C@@H](O)[C@H](N=[N+]=[N-])[C@H]2O)C[C@@H]2O[C@](O)(C[C@@H](O)C[C@@H](O)[C@H](O)CC[C@@H](O)C[C@@H](O)CC(=O)O[C@H]1C)C[C@H](O)[C@H]2C(=O)O. The van der Waals surface area contributed by atoms with Crippen LogP contribution in [0.2, 0.25) is 0 Å². The number of carbonyl (C=O) groups is 2. The molecule has 20 heteroatoms. The molecule has 20 nitrogen and oxygen atoms in total. The second kappa shape index (κ2) is 28.4. The topological polar surface area (TPSA) is 342 Å². The van der Waals surface area contributed by atoms with E-state index in [2.05, 4.69) is 10.0 Å². The smallest absolute Gasteiger partial charge is 0.311 e. The summed E-state index contributed by atoms with van der Waals surface area (Å²) in [5.41, 5.74) is 9.06. The molecule has 0 spiro atoms. The number of rotatable bonds is 4. The minimum atomic E-state index is -2.36. The van der Waals surface area contributed by atoms with Crippen LogP contribution in [0.4, 0.5) is 0 Å². The third-order valence-corrected chi connectivity index (χ3v) is 12.1. The third-order valence-electron chi connectivity index (χ3n) is 12.1. The number of nitrogens with zero attached hydrogens (tertiary/aromatic N) is 3. The maximum Gasteiger partial charge on any atom is 0.311 e. The monoisotopic (exact) mass is 949 g/mol. The Bertz CT molecular complexity index is 1800. The van der Waals surface area contributed by atoms with E-state index in [4.69, 9.17) is 24.5 Å². The highest BCUT2D eigenvalue weighted by atomic mass is 16.7. The average molecular weight is 950 g/mol. The van der Waals surface area contributed by atoms with Crippen LogP contribution in [-0.2, 0) is 28.5 Å². The minimum Gasteiger partial charge on any atom is -0.481 e. The van der Waals surface area contributed by atoms with Crippen molar-refractivity contribution < 1.29 is 84.7 Å². The summed E-state index contributed by atoms with van der Waals surface area (Å²) in [6.07, 6.45) is 2.10. The van der Waals surface area contributed by atoms with Crippen molar-refractivity contribution in [2.24, 2.45) is 22.9 Å². The first-order valence-corrected chi connectivity index (χ1v) is 22.6. The van der Waals surface area contributed by atoms with E-state index in [1.807, 2.05) is 13.0 Å². The molecular formula is C47H71N3O17. The van der Waals surface area contributed by atoms with Gasteiger partial charge >= 0.3 is 11.9 Å². The number of carbonyl (C=O) groups excluding carboxylic acids is 1. The van der Waals surface area contributed by atoms with Gasteiger partial charge in [-0.15, -0.1) is 0 Å². The van der Waals surface area contributed by atoms with E-state index in [9.17, 15) is 65.8 Å². The molecule has 0 unspecified atom stereocenters. The van der Waals surface area contributed by atoms with Crippen molar-refractivity contribution >= 4 is 11.9 Å². The number of esters is 1. The fourth-order valence-corrected chi connectivity index (χ4v) is 8.11. The van der Waals surface area contributed by atoms with Gasteiger partial charge in [-0.2, -0.15) is 0 Å². The fraction of sp³-hybridized carbons (Fsp3) is 0.660. The molecule has 0 amide bonds. The minimum absolute atomic E-state index is 0.121. The van der Waals surface area contributed by atoms with E-state index < -0.39 is 147 Å². The first-order valence-electron chi connectivity index (χ1n) is 22.6. The van der Waals surface area contributed by atoms with Gasteiger partial charge in [0.1, 0.15) is 18.1 Å². The molecule has 3 heterocycles. The maximum atomic E-state index is 12.6. The lowest BCUT2D eigenvalue weighted by Gasteiger charge is -2.45. The molecular weight excluding hydrogens is 879 g/mol. The van der Waals surface area contributed by atoms with Crippen LogP contribution >= 0.6 is 0 Å². The number of hydrogen-bond donors (Lipinski definition) is 11. The van der Waals surface area contributed by atoms with Gasteiger partial charge in [-0.1, -0.05) is 104 Å². The second-order valence-electron chi connectivity index (χ2n) is 17.7. The summed E-state index contributed by atoms with van der Waals surface area (Å²) in [7, 11) is 0. The van der Waals surface area contributed by atoms with Gasteiger partial charge in [0.25, 0.3) is 0 Å². The fourth-order valence-electron chi connectivity index (χ4n) is 8.11. The highest BCUT2D eigenvalue weighted by Gasteiger charge is 2.51. The van der Waals surface area contributed by atoms with Crippen molar-refractivity contribution in [1.29, 1.82) is 0 Å². The summed E-state index contributed by atoms with van der Waals surface area (Å²) in [5.74, 6) is -6.97. The predicted octanol–water partition coefficient (Wildman–Crippen LogP) is 2.06.